The van der Waals surface area contributed by atoms with Crippen LogP contribution in [-0.2, 0) is 4.74 Å². The Kier molecular flexibility index (Phi) is 5.32. The van der Waals surface area contributed by atoms with Crippen molar-refractivity contribution in [2.45, 2.75) is 30.8 Å². The highest BCUT2D eigenvalue weighted by Crippen LogP contribution is 2.30. The zero-order chi connectivity index (χ0) is 15.4. The molecule has 0 saturated carbocycles. The molecule has 8 heteroatoms. The average Bonchev–Trinajstić information content (AvgIpc) is 3.13. The molecule has 1 saturated heterocycles. The van der Waals surface area contributed by atoms with E-state index in [1.54, 1.807) is 16.7 Å². The predicted octanol–water partition coefficient (Wildman–Crippen LogP) is 2.24. The number of carbonyl (C=O) groups is 1. The molecule has 1 aromatic heterocycles. The molecule has 6 nitrogen and oxygen atoms in total. The van der Waals surface area contributed by atoms with Crippen molar-refractivity contribution in [3.63, 3.8) is 0 Å². The molecule has 1 unspecified atom stereocenters. The van der Waals surface area contributed by atoms with Gasteiger partial charge in [-0.05, 0) is 31.9 Å². The molecule has 2 aliphatic rings. The van der Waals surface area contributed by atoms with Gasteiger partial charge in [0, 0.05) is 18.3 Å². The number of rotatable bonds is 6. The van der Waals surface area contributed by atoms with Crippen molar-refractivity contribution in [3.8, 4) is 0 Å². The molecule has 0 radical (unpaired) electrons. The number of nitrogens with zero attached hydrogens (tertiary/aromatic N) is 3. The predicted molar refractivity (Wildman–Crippen MR) is 88.2 cm³/mol. The summed E-state index contributed by atoms with van der Waals surface area (Å²) in [5, 5.41) is 4.47. The first-order valence-electron chi connectivity index (χ1n) is 7.56. The van der Waals surface area contributed by atoms with Gasteiger partial charge in [0.2, 0.25) is 0 Å². The molecule has 1 fully saturated rings. The van der Waals surface area contributed by atoms with Crippen LogP contribution in [0.15, 0.2) is 11.1 Å². The first-order valence-corrected chi connectivity index (χ1v) is 9.28. The van der Waals surface area contributed by atoms with Gasteiger partial charge in [-0.15, -0.1) is 11.8 Å². The molecule has 1 N–H and O–H groups in total. The monoisotopic (exact) mass is 340 g/mol. The summed E-state index contributed by atoms with van der Waals surface area (Å²) in [6.07, 6.45) is 4.05. The number of hydrogen-bond donors (Lipinski definition) is 1. The molecule has 0 aliphatic carbocycles. The fourth-order valence-electron chi connectivity index (χ4n) is 2.62. The van der Waals surface area contributed by atoms with E-state index in [2.05, 4.69) is 27.1 Å². The Hall–Kier alpha value is -1.12. The lowest BCUT2D eigenvalue weighted by Crippen LogP contribution is -2.31. The molecule has 120 valence electrons. The van der Waals surface area contributed by atoms with Crippen molar-refractivity contribution in [1.82, 2.24) is 19.0 Å². The number of carbonyl (C=O) groups excluding carboxylic acids is 1. The zero-order valence-corrected chi connectivity index (χ0v) is 14.2. The third-order valence-electron chi connectivity index (χ3n) is 3.81. The van der Waals surface area contributed by atoms with E-state index >= 15 is 0 Å². The molecule has 0 spiro atoms. The Morgan fingerprint density at radius 3 is 3.23 bits per heavy atom. The number of ether oxygens (including phenoxy) is 1. The number of thioether (sulfide) groups is 1. The van der Waals surface area contributed by atoms with Crippen LogP contribution < -0.4 is 5.32 Å². The Morgan fingerprint density at radius 2 is 2.45 bits per heavy atom. The number of hydrogen-bond acceptors (Lipinski definition) is 7. The van der Waals surface area contributed by atoms with E-state index in [4.69, 9.17) is 4.74 Å². The molecular weight excluding hydrogens is 320 g/mol. The normalized spacial score (nSPS) is 21.9. The number of cyclic esters (lactones) is 1. The van der Waals surface area contributed by atoms with Crippen LogP contribution in [0.2, 0.25) is 0 Å². The topological polar surface area (TPSA) is 67.3 Å². The Morgan fingerprint density at radius 1 is 1.55 bits per heavy atom. The highest BCUT2D eigenvalue weighted by atomic mass is 32.2. The Balaban J connectivity index is 1.52. The molecule has 2 aliphatic heterocycles. The maximum absolute atomic E-state index is 11.4. The molecular formula is C14H20N4O2S2. The minimum Gasteiger partial charge on any atom is -0.448 e. The first-order chi connectivity index (χ1) is 10.8. The minimum atomic E-state index is -0.187. The number of nitrogens with one attached hydrogen (secondary N) is 1. The summed E-state index contributed by atoms with van der Waals surface area (Å²) < 4.78 is 13.8. The smallest absolute Gasteiger partial charge is 0.409 e. The maximum atomic E-state index is 11.4. The van der Waals surface area contributed by atoms with Gasteiger partial charge in [0.1, 0.15) is 17.3 Å². The summed E-state index contributed by atoms with van der Waals surface area (Å²) in [5.41, 5.74) is 2.28. The van der Waals surface area contributed by atoms with E-state index in [0.717, 1.165) is 42.4 Å². The van der Waals surface area contributed by atoms with Gasteiger partial charge in [-0.25, -0.2) is 4.79 Å². The van der Waals surface area contributed by atoms with Crippen LogP contribution in [0.25, 0.3) is 5.57 Å². The van der Waals surface area contributed by atoms with Gasteiger partial charge in [0.25, 0.3) is 0 Å². The second-order valence-electron chi connectivity index (χ2n) is 5.35. The molecule has 1 atom stereocenters. The van der Waals surface area contributed by atoms with Gasteiger partial charge in [0.05, 0.1) is 18.3 Å². The summed E-state index contributed by atoms with van der Waals surface area (Å²) in [4.78, 5) is 13.1. The Bertz CT molecular complexity index is 561. The van der Waals surface area contributed by atoms with Crippen LogP contribution in [0, 0.1) is 0 Å². The molecule has 3 rings (SSSR count). The second kappa shape index (κ2) is 7.43. The van der Waals surface area contributed by atoms with Gasteiger partial charge in [0.15, 0.2) is 0 Å². The van der Waals surface area contributed by atoms with Crippen LogP contribution in [0.5, 0.6) is 0 Å². The molecule has 1 amide bonds. The van der Waals surface area contributed by atoms with E-state index in [0.29, 0.717) is 19.2 Å². The summed E-state index contributed by atoms with van der Waals surface area (Å²) in [6, 6.07) is 0.330. The lowest BCUT2D eigenvalue weighted by atomic mass is 10.0. The molecule has 0 aromatic carbocycles. The summed E-state index contributed by atoms with van der Waals surface area (Å²) in [7, 11) is 0. The zero-order valence-electron chi connectivity index (χ0n) is 12.6. The van der Waals surface area contributed by atoms with E-state index in [-0.39, 0.29) is 6.09 Å². The number of amides is 1. The van der Waals surface area contributed by atoms with Gasteiger partial charge in [-0.1, -0.05) is 6.08 Å². The van der Waals surface area contributed by atoms with E-state index in [9.17, 15) is 4.79 Å². The fraction of sp³-hybridized carbons (Fsp3) is 0.643. The van der Waals surface area contributed by atoms with Gasteiger partial charge in [-0.3, -0.25) is 0 Å². The van der Waals surface area contributed by atoms with Gasteiger partial charge in [-0.2, -0.15) is 8.75 Å². The molecule has 22 heavy (non-hydrogen) atoms. The fourth-order valence-corrected chi connectivity index (χ4v) is 4.23. The molecule has 1 aromatic rings. The van der Waals surface area contributed by atoms with Crippen molar-refractivity contribution >= 4 is 35.2 Å². The third kappa shape index (κ3) is 3.61. The first kappa shape index (κ1) is 15.8. The quantitative estimate of drug-likeness (QED) is 0.633. The van der Waals surface area contributed by atoms with Crippen molar-refractivity contribution in [3.05, 3.63) is 11.8 Å². The van der Waals surface area contributed by atoms with Crippen molar-refractivity contribution in [2.24, 2.45) is 0 Å². The highest BCUT2D eigenvalue weighted by Gasteiger charge is 2.22. The summed E-state index contributed by atoms with van der Waals surface area (Å²) in [5.74, 6) is 0.928. The standard InChI is InChI=1S/C14H20N4O2S2/c1-10-11(4-2-5-15-10)12-13(17-22-16-12)21-9-3-6-18-7-8-20-14(18)19/h4,10,15H,2-3,5-9H2,1H3. The lowest BCUT2D eigenvalue weighted by molar-refractivity contribution is 0.158. The number of aromatic nitrogens is 2. The SMILES string of the molecule is CC1NCCC=C1c1nsnc1SCCCN1CCOC1=O. The van der Waals surface area contributed by atoms with Crippen LogP contribution in [0.4, 0.5) is 4.79 Å². The van der Waals surface area contributed by atoms with Crippen molar-refractivity contribution in [2.75, 3.05) is 32.0 Å². The third-order valence-corrected chi connectivity index (χ3v) is 5.51. The molecule has 0 bridgehead atoms. The average molecular weight is 340 g/mol. The van der Waals surface area contributed by atoms with Crippen LogP contribution in [0.1, 0.15) is 25.5 Å². The Labute approximate surface area is 138 Å². The minimum absolute atomic E-state index is 0.187. The van der Waals surface area contributed by atoms with Crippen LogP contribution in [-0.4, -0.2) is 57.8 Å². The highest BCUT2D eigenvalue weighted by molar-refractivity contribution is 7.99. The molecule has 3 heterocycles. The van der Waals surface area contributed by atoms with Crippen LogP contribution in [0.3, 0.4) is 0 Å². The van der Waals surface area contributed by atoms with Crippen molar-refractivity contribution < 1.29 is 9.53 Å². The summed E-state index contributed by atoms with van der Waals surface area (Å²) >= 11 is 3.00. The van der Waals surface area contributed by atoms with Crippen molar-refractivity contribution in [1.29, 1.82) is 0 Å². The van der Waals surface area contributed by atoms with Gasteiger partial charge < -0.3 is 15.0 Å². The van der Waals surface area contributed by atoms with Crippen LogP contribution >= 0.6 is 23.5 Å². The second-order valence-corrected chi connectivity index (χ2v) is 6.96. The van der Waals surface area contributed by atoms with E-state index in [1.807, 2.05) is 0 Å². The van der Waals surface area contributed by atoms with E-state index in [1.165, 1.54) is 17.3 Å². The maximum Gasteiger partial charge on any atom is 0.409 e. The van der Waals surface area contributed by atoms with E-state index < -0.39 is 0 Å². The largest absolute Gasteiger partial charge is 0.448 e. The summed E-state index contributed by atoms with van der Waals surface area (Å²) in [6.45, 7) is 5.17. The van der Waals surface area contributed by atoms with Gasteiger partial charge >= 0.3 is 6.09 Å². The lowest BCUT2D eigenvalue weighted by Gasteiger charge is -2.21.